The van der Waals surface area contributed by atoms with Gasteiger partial charge in [0.2, 0.25) is 0 Å². The highest BCUT2D eigenvalue weighted by Crippen LogP contribution is 2.51. The summed E-state index contributed by atoms with van der Waals surface area (Å²) in [5.41, 5.74) is 2.63. The maximum absolute atomic E-state index is 10.3. The molecule has 1 aromatic rings. The van der Waals surface area contributed by atoms with Crippen LogP contribution in [0.25, 0.3) is 0 Å². The van der Waals surface area contributed by atoms with Crippen LogP contribution in [0.1, 0.15) is 90.7 Å². The quantitative estimate of drug-likeness (QED) is 0.308. The summed E-state index contributed by atoms with van der Waals surface area (Å²) in [5.74, 6) is 3.65. The molecule has 0 bridgehead atoms. The Hall–Kier alpha value is -0.803. The molecule has 176 valence electrons. The second kappa shape index (κ2) is 9.99. The number of benzene rings is 1. The zero-order valence-corrected chi connectivity index (χ0v) is 22.3. The zero-order chi connectivity index (χ0) is 22.8. The van der Waals surface area contributed by atoms with E-state index in [2.05, 4.69) is 53.8 Å². The van der Waals surface area contributed by atoms with E-state index in [1.54, 1.807) is 0 Å². The molecule has 1 saturated carbocycles. The maximum atomic E-state index is 10.3. The molecule has 5 atom stereocenters. The minimum Gasteiger partial charge on any atom is -0.508 e. The average Bonchev–Trinajstić information content (AvgIpc) is 2.98. The normalized spacial score (nSPS) is 27.1. The third-order valence-corrected chi connectivity index (χ3v) is 13.5. The van der Waals surface area contributed by atoms with Crippen molar-refractivity contribution >= 4 is 8.32 Å². The third-order valence-electron chi connectivity index (χ3n) is 8.95. The molecule has 31 heavy (non-hydrogen) atoms. The van der Waals surface area contributed by atoms with Crippen molar-refractivity contribution < 1.29 is 9.53 Å². The first-order valence-corrected chi connectivity index (χ1v) is 15.9. The minimum atomic E-state index is -1.74. The van der Waals surface area contributed by atoms with Crippen molar-refractivity contribution in [3.05, 3.63) is 29.3 Å². The van der Waals surface area contributed by atoms with E-state index >= 15 is 0 Å². The average molecular weight is 445 g/mol. The van der Waals surface area contributed by atoms with Gasteiger partial charge in [0, 0.05) is 6.10 Å². The van der Waals surface area contributed by atoms with Gasteiger partial charge in [0.25, 0.3) is 0 Å². The van der Waals surface area contributed by atoms with Gasteiger partial charge in [-0.1, -0.05) is 66.0 Å². The molecule has 2 aliphatic rings. The number of rotatable bonds is 9. The lowest BCUT2D eigenvalue weighted by molar-refractivity contribution is 0.136. The summed E-state index contributed by atoms with van der Waals surface area (Å²) in [4.78, 5) is 0. The van der Waals surface area contributed by atoms with Gasteiger partial charge in [-0.05, 0) is 97.5 Å². The molecule has 0 spiro atoms. The molecule has 0 radical (unpaired) electrons. The molecule has 1 fully saturated rings. The van der Waals surface area contributed by atoms with Crippen LogP contribution in [0.15, 0.2) is 18.2 Å². The van der Waals surface area contributed by atoms with Gasteiger partial charge in [-0.25, -0.2) is 0 Å². The molecule has 3 rings (SSSR count). The van der Waals surface area contributed by atoms with E-state index in [-0.39, 0.29) is 5.04 Å². The van der Waals surface area contributed by atoms with Crippen LogP contribution in [0.4, 0.5) is 0 Å². The SMILES string of the molecule is CCCCC[C@@H](CC[C@@H]1[C@H]2Cc3cccc(O)c3C[C@H]2C[C@H]1C)O[Si](C)(C)C(C)(C)C. The Morgan fingerprint density at radius 3 is 2.55 bits per heavy atom. The van der Waals surface area contributed by atoms with Crippen molar-refractivity contribution in [2.24, 2.45) is 23.7 Å². The largest absolute Gasteiger partial charge is 0.508 e. The monoisotopic (exact) mass is 444 g/mol. The summed E-state index contributed by atoms with van der Waals surface area (Å²) in [5, 5.41) is 10.6. The molecular formula is C28H48O2Si. The van der Waals surface area contributed by atoms with Crippen molar-refractivity contribution in [1.82, 2.24) is 0 Å². The van der Waals surface area contributed by atoms with E-state index < -0.39 is 8.32 Å². The van der Waals surface area contributed by atoms with Crippen LogP contribution in [0.3, 0.4) is 0 Å². The van der Waals surface area contributed by atoms with Crippen molar-refractivity contribution in [2.75, 3.05) is 0 Å². The predicted octanol–water partition coefficient (Wildman–Crippen LogP) is 8.13. The Kier molecular flexibility index (Phi) is 8.00. The van der Waals surface area contributed by atoms with E-state index in [1.165, 1.54) is 56.1 Å². The van der Waals surface area contributed by atoms with Crippen LogP contribution < -0.4 is 0 Å². The molecule has 0 aliphatic heterocycles. The van der Waals surface area contributed by atoms with Crippen LogP contribution in [-0.2, 0) is 17.3 Å². The lowest BCUT2D eigenvalue weighted by atomic mass is 9.73. The van der Waals surface area contributed by atoms with Crippen LogP contribution in [0.2, 0.25) is 18.1 Å². The topological polar surface area (TPSA) is 29.5 Å². The highest BCUT2D eigenvalue weighted by atomic mass is 28.4. The zero-order valence-electron chi connectivity index (χ0n) is 21.3. The number of phenols is 1. The lowest BCUT2D eigenvalue weighted by Gasteiger charge is -2.40. The number of hydrogen-bond donors (Lipinski definition) is 1. The summed E-state index contributed by atoms with van der Waals surface area (Å²) in [6, 6.07) is 6.15. The van der Waals surface area contributed by atoms with Gasteiger partial charge >= 0.3 is 0 Å². The predicted molar refractivity (Wildman–Crippen MR) is 135 cm³/mol. The Labute approximate surface area is 193 Å². The van der Waals surface area contributed by atoms with Crippen LogP contribution in [0, 0.1) is 23.7 Å². The summed E-state index contributed by atoms with van der Waals surface area (Å²) < 4.78 is 6.96. The van der Waals surface area contributed by atoms with E-state index in [0.717, 1.165) is 36.5 Å². The number of hydrogen-bond acceptors (Lipinski definition) is 2. The molecule has 3 heteroatoms. The van der Waals surface area contributed by atoms with Crippen LogP contribution >= 0.6 is 0 Å². The van der Waals surface area contributed by atoms with Crippen molar-refractivity contribution in [3.8, 4) is 5.75 Å². The second-order valence-electron chi connectivity index (χ2n) is 12.2. The lowest BCUT2D eigenvalue weighted by Crippen LogP contribution is -2.44. The first-order valence-electron chi connectivity index (χ1n) is 13.0. The first-order chi connectivity index (χ1) is 14.5. The number of aromatic hydroxyl groups is 1. The fourth-order valence-corrected chi connectivity index (χ4v) is 7.49. The van der Waals surface area contributed by atoms with Crippen molar-refractivity contribution in [1.29, 1.82) is 0 Å². The molecule has 2 aliphatic carbocycles. The standard InChI is InChI=1S/C28H48O2Si/c1-8-9-10-13-23(30-31(6,7)28(3,4)5)15-16-24-20(2)17-22-19-26-21(18-25(22)24)12-11-14-27(26)29/h11-12,14,20,22-25,29H,8-10,13,15-19H2,1-7H3/t20-,22-,23+,24+,25+/m1/s1. The second-order valence-corrected chi connectivity index (χ2v) is 17.0. The summed E-state index contributed by atoms with van der Waals surface area (Å²) >= 11 is 0. The van der Waals surface area contributed by atoms with Crippen molar-refractivity contribution in [2.45, 2.75) is 117 Å². The summed E-state index contributed by atoms with van der Waals surface area (Å²) in [6.45, 7) is 16.7. The molecule has 2 nitrogen and oxygen atoms in total. The summed E-state index contributed by atoms with van der Waals surface area (Å²) in [6.07, 6.45) is 11.7. The number of phenolic OH excluding ortho intramolecular Hbond substituents is 1. The van der Waals surface area contributed by atoms with E-state index in [0.29, 0.717) is 11.9 Å². The van der Waals surface area contributed by atoms with Crippen LogP contribution in [0.5, 0.6) is 5.75 Å². The highest BCUT2D eigenvalue weighted by Gasteiger charge is 2.44. The Morgan fingerprint density at radius 2 is 1.87 bits per heavy atom. The van der Waals surface area contributed by atoms with Gasteiger partial charge in [0.05, 0.1) is 0 Å². The van der Waals surface area contributed by atoms with E-state index in [1.807, 2.05) is 12.1 Å². The molecule has 0 unspecified atom stereocenters. The Balaban J connectivity index is 1.67. The van der Waals surface area contributed by atoms with Gasteiger partial charge in [-0.3, -0.25) is 0 Å². The van der Waals surface area contributed by atoms with Crippen LogP contribution in [-0.4, -0.2) is 19.5 Å². The summed E-state index contributed by atoms with van der Waals surface area (Å²) in [7, 11) is -1.74. The van der Waals surface area contributed by atoms with Gasteiger partial charge < -0.3 is 9.53 Å². The van der Waals surface area contributed by atoms with Gasteiger partial charge in [0.15, 0.2) is 8.32 Å². The van der Waals surface area contributed by atoms with Gasteiger partial charge in [-0.15, -0.1) is 0 Å². The van der Waals surface area contributed by atoms with Gasteiger partial charge in [-0.2, -0.15) is 0 Å². The highest BCUT2D eigenvalue weighted by molar-refractivity contribution is 6.74. The fraction of sp³-hybridized carbons (Fsp3) is 0.786. The smallest absolute Gasteiger partial charge is 0.192 e. The Bertz CT molecular complexity index is 720. The van der Waals surface area contributed by atoms with Crippen molar-refractivity contribution in [3.63, 3.8) is 0 Å². The molecule has 1 N–H and O–H groups in total. The third kappa shape index (κ3) is 5.77. The molecule has 1 aromatic carbocycles. The fourth-order valence-electron chi connectivity index (χ4n) is 6.07. The van der Waals surface area contributed by atoms with E-state index in [9.17, 15) is 5.11 Å². The first kappa shape index (κ1) is 24.8. The molecule has 0 heterocycles. The van der Waals surface area contributed by atoms with E-state index in [4.69, 9.17) is 4.43 Å². The molecular weight excluding hydrogens is 396 g/mol. The number of fused-ring (bicyclic) bond motifs is 2. The number of unbranched alkanes of at least 4 members (excludes halogenated alkanes) is 2. The Morgan fingerprint density at radius 1 is 1.13 bits per heavy atom. The molecule has 0 amide bonds. The molecule has 0 saturated heterocycles. The maximum Gasteiger partial charge on any atom is 0.192 e. The minimum absolute atomic E-state index is 0.275. The van der Waals surface area contributed by atoms with Gasteiger partial charge in [0.1, 0.15) is 5.75 Å². The molecule has 0 aromatic heterocycles.